The molecule has 1 aromatic rings. The molecule has 0 aliphatic carbocycles. The smallest absolute Gasteiger partial charge is 0.120 e. The number of halogens is 1. The maximum absolute atomic E-state index is 5.34. The number of benzene rings is 1. The third-order valence-electron chi connectivity index (χ3n) is 1.92. The highest BCUT2D eigenvalue weighted by molar-refractivity contribution is 9.10. The van der Waals surface area contributed by atoms with Crippen LogP contribution in [0.1, 0.15) is 18.4 Å². The van der Waals surface area contributed by atoms with E-state index in [4.69, 9.17) is 11.2 Å². The quantitative estimate of drug-likeness (QED) is 0.720. The van der Waals surface area contributed by atoms with E-state index in [0.29, 0.717) is 0 Å². The topological polar surface area (TPSA) is 9.23 Å². The van der Waals surface area contributed by atoms with Crippen molar-refractivity contribution in [3.8, 4) is 18.1 Å². The standard InChI is InChI=1S/C11H11BrO/c1-4-8(2)10-6-5-9(13-3)7-11(10)12/h1,5-8H,2-3H3. The summed E-state index contributed by atoms with van der Waals surface area (Å²) in [5.41, 5.74) is 1.11. The van der Waals surface area contributed by atoms with Gasteiger partial charge >= 0.3 is 0 Å². The summed E-state index contributed by atoms with van der Waals surface area (Å²) in [6, 6.07) is 5.81. The Labute approximate surface area is 87.2 Å². The average molecular weight is 239 g/mol. The molecule has 0 bridgehead atoms. The molecule has 1 rings (SSSR count). The molecule has 0 saturated heterocycles. The maximum Gasteiger partial charge on any atom is 0.120 e. The van der Waals surface area contributed by atoms with Gasteiger partial charge in [0, 0.05) is 10.4 Å². The summed E-state index contributed by atoms with van der Waals surface area (Å²) in [4.78, 5) is 0. The molecular weight excluding hydrogens is 228 g/mol. The first-order valence-corrected chi connectivity index (χ1v) is 4.78. The number of ether oxygens (including phenoxy) is 1. The van der Waals surface area contributed by atoms with E-state index in [2.05, 4.69) is 21.9 Å². The van der Waals surface area contributed by atoms with Crippen LogP contribution in [0.25, 0.3) is 0 Å². The van der Waals surface area contributed by atoms with Crippen LogP contribution >= 0.6 is 15.9 Å². The Morgan fingerprint density at radius 3 is 2.69 bits per heavy atom. The van der Waals surface area contributed by atoms with Crippen LogP contribution in [0.15, 0.2) is 22.7 Å². The molecule has 1 aromatic carbocycles. The van der Waals surface area contributed by atoms with Gasteiger partial charge in [-0.25, -0.2) is 0 Å². The minimum atomic E-state index is 0.125. The van der Waals surface area contributed by atoms with Crippen LogP contribution in [-0.4, -0.2) is 7.11 Å². The Morgan fingerprint density at radius 1 is 1.54 bits per heavy atom. The van der Waals surface area contributed by atoms with Crippen molar-refractivity contribution in [2.24, 2.45) is 0 Å². The third-order valence-corrected chi connectivity index (χ3v) is 2.61. The molecule has 0 aliphatic rings. The van der Waals surface area contributed by atoms with Gasteiger partial charge in [0.1, 0.15) is 5.75 Å². The summed E-state index contributed by atoms with van der Waals surface area (Å²) < 4.78 is 6.08. The average Bonchev–Trinajstić information content (AvgIpc) is 2.16. The molecule has 0 aromatic heterocycles. The lowest BCUT2D eigenvalue weighted by atomic mass is 10.0. The zero-order valence-electron chi connectivity index (χ0n) is 7.67. The van der Waals surface area contributed by atoms with Gasteiger partial charge in [-0.15, -0.1) is 6.42 Å². The summed E-state index contributed by atoms with van der Waals surface area (Å²) >= 11 is 3.45. The summed E-state index contributed by atoms with van der Waals surface area (Å²) in [6.07, 6.45) is 5.34. The molecule has 0 fully saturated rings. The normalized spacial score (nSPS) is 11.8. The lowest BCUT2D eigenvalue weighted by Crippen LogP contribution is -1.92. The summed E-state index contributed by atoms with van der Waals surface area (Å²) in [5.74, 6) is 3.65. The van der Waals surface area contributed by atoms with Crippen molar-refractivity contribution in [1.29, 1.82) is 0 Å². The predicted octanol–water partition coefficient (Wildman–Crippen LogP) is 3.19. The van der Waals surface area contributed by atoms with E-state index < -0.39 is 0 Å². The molecule has 68 valence electrons. The Hall–Kier alpha value is -0.940. The van der Waals surface area contributed by atoms with Gasteiger partial charge in [0.25, 0.3) is 0 Å². The van der Waals surface area contributed by atoms with Crippen LogP contribution in [0.3, 0.4) is 0 Å². The fraction of sp³-hybridized carbons (Fsp3) is 0.273. The molecular formula is C11H11BrO. The van der Waals surface area contributed by atoms with E-state index in [-0.39, 0.29) is 5.92 Å². The van der Waals surface area contributed by atoms with Gasteiger partial charge < -0.3 is 4.74 Å². The molecule has 1 unspecified atom stereocenters. The summed E-state index contributed by atoms with van der Waals surface area (Å²) in [5, 5.41) is 0. The Morgan fingerprint density at radius 2 is 2.23 bits per heavy atom. The molecule has 0 radical (unpaired) electrons. The second kappa shape index (κ2) is 4.34. The van der Waals surface area contributed by atoms with Crippen LogP contribution in [0, 0.1) is 12.3 Å². The fourth-order valence-corrected chi connectivity index (χ4v) is 1.78. The Bertz CT molecular complexity index is 338. The van der Waals surface area contributed by atoms with Gasteiger partial charge in [-0.3, -0.25) is 0 Å². The first-order chi connectivity index (χ1) is 6.19. The Balaban J connectivity index is 3.06. The van der Waals surface area contributed by atoms with E-state index in [0.717, 1.165) is 15.8 Å². The van der Waals surface area contributed by atoms with Gasteiger partial charge in [-0.2, -0.15) is 0 Å². The minimum Gasteiger partial charge on any atom is -0.497 e. The lowest BCUT2D eigenvalue weighted by Gasteiger charge is -2.08. The van der Waals surface area contributed by atoms with E-state index in [1.54, 1.807) is 7.11 Å². The van der Waals surface area contributed by atoms with Crippen LogP contribution in [0.4, 0.5) is 0 Å². The molecule has 13 heavy (non-hydrogen) atoms. The monoisotopic (exact) mass is 238 g/mol. The van der Waals surface area contributed by atoms with Gasteiger partial charge in [-0.05, 0) is 24.6 Å². The second-order valence-electron chi connectivity index (χ2n) is 2.78. The number of hydrogen-bond donors (Lipinski definition) is 0. The van der Waals surface area contributed by atoms with Crippen molar-refractivity contribution in [2.45, 2.75) is 12.8 Å². The van der Waals surface area contributed by atoms with E-state index >= 15 is 0 Å². The number of hydrogen-bond acceptors (Lipinski definition) is 1. The highest BCUT2D eigenvalue weighted by Crippen LogP contribution is 2.28. The molecule has 2 heteroatoms. The minimum absolute atomic E-state index is 0.125. The Kier molecular flexibility index (Phi) is 3.39. The fourth-order valence-electron chi connectivity index (χ4n) is 1.08. The lowest BCUT2D eigenvalue weighted by molar-refractivity contribution is 0.414. The van der Waals surface area contributed by atoms with Gasteiger partial charge in [0.05, 0.1) is 7.11 Å². The van der Waals surface area contributed by atoms with Gasteiger partial charge in [0.2, 0.25) is 0 Å². The second-order valence-corrected chi connectivity index (χ2v) is 3.63. The molecule has 1 nitrogen and oxygen atoms in total. The van der Waals surface area contributed by atoms with Crippen LogP contribution in [-0.2, 0) is 0 Å². The summed E-state index contributed by atoms with van der Waals surface area (Å²) in [6.45, 7) is 1.99. The van der Waals surface area contributed by atoms with E-state index in [9.17, 15) is 0 Å². The molecule has 0 heterocycles. The van der Waals surface area contributed by atoms with E-state index in [1.807, 2.05) is 25.1 Å². The van der Waals surface area contributed by atoms with Crippen molar-refractivity contribution in [2.75, 3.05) is 7.11 Å². The number of methoxy groups -OCH3 is 1. The highest BCUT2D eigenvalue weighted by Gasteiger charge is 2.06. The molecule has 0 aliphatic heterocycles. The highest BCUT2D eigenvalue weighted by atomic mass is 79.9. The number of terminal acetylenes is 1. The van der Waals surface area contributed by atoms with Crippen molar-refractivity contribution >= 4 is 15.9 Å². The van der Waals surface area contributed by atoms with Gasteiger partial charge in [0.15, 0.2) is 0 Å². The molecule has 0 N–H and O–H groups in total. The SMILES string of the molecule is C#CC(C)c1ccc(OC)cc1Br. The van der Waals surface area contributed by atoms with Crippen LogP contribution < -0.4 is 4.74 Å². The maximum atomic E-state index is 5.34. The third kappa shape index (κ3) is 2.26. The molecule has 1 atom stereocenters. The number of rotatable bonds is 2. The van der Waals surface area contributed by atoms with Gasteiger partial charge in [-0.1, -0.05) is 27.9 Å². The van der Waals surface area contributed by atoms with Crippen molar-refractivity contribution in [3.05, 3.63) is 28.2 Å². The molecule has 0 spiro atoms. The van der Waals surface area contributed by atoms with E-state index in [1.165, 1.54) is 0 Å². The molecule has 0 amide bonds. The van der Waals surface area contributed by atoms with Crippen molar-refractivity contribution < 1.29 is 4.74 Å². The zero-order valence-corrected chi connectivity index (χ0v) is 9.26. The van der Waals surface area contributed by atoms with Crippen molar-refractivity contribution in [1.82, 2.24) is 0 Å². The summed E-state index contributed by atoms with van der Waals surface area (Å²) in [7, 11) is 1.64. The molecule has 0 saturated carbocycles. The predicted molar refractivity (Wildman–Crippen MR) is 57.9 cm³/mol. The largest absolute Gasteiger partial charge is 0.497 e. The first kappa shape index (κ1) is 10.1. The van der Waals surface area contributed by atoms with Crippen LogP contribution in [0.2, 0.25) is 0 Å². The first-order valence-electron chi connectivity index (χ1n) is 3.98. The van der Waals surface area contributed by atoms with Crippen LogP contribution in [0.5, 0.6) is 5.75 Å². The zero-order chi connectivity index (χ0) is 9.84. The van der Waals surface area contributed by atoms with Crippen molar-refractivity contribution in [3.63, 3.8) is 0 Å².